The molecule has 1 amide bonds. The average Bonchev–Trinajstić information content (AvgIpc) is 2.61. The first kappa shape index (κ1) is 17.5. The first-order valence-corrected chi connectivity index (χ1v) is 7.86. The van der Waals surface area contributed by atoms with Crippen molar-refractivity contribution in [3.63, 3.8) is 0 Å². The Morgan fingerprint density at radius 1 is 0.875 bits per heavy atom. The lowest BCUT2D eigenvalue weighted by molar-refractivity contribution is -0.137. The predicted octanol–water partition coefficient (Wildman–Crippen LogP) is 3.34. The van der Waals surface area contributed by atoms with Crippen LogP contribution < -0.4 is 0 Å². The number of amides is 1. The van der Waals surface area contributed by atoms with Gasteiger partial charge in [0, 0.05) is 13.1 Å². The van der Waals surface area contributed by atoms with Gasteiger partial charge in [0.25, 0.3) is 0 Å². The van der Waals surface area contributed by atoms with E-state index in [1.54, 1.807) is 0 Å². The summed E-state index contributed by atoms with van der Waals surface area (Å²) in [5.41, 5.74) is 1.99. The molecule has 2 aromatic rings. The zero-order chi connectivity index (χ0) is 17.2. The van der Waals surface area contributed by atoms with E-state index in [-0.39, 0.29) is 19.6 Å². The summed E-state index contributed by atoms with van der Waals surface area (Å²) in [5, 5.41) is 8.86. The van der Waals surface area contributed by atoms with E-state index >= 15 is 0 Å². The fraction of sp³-hybridized carbons (Fsp3) is 0.263. The molecule has 0 radical (unpaired) electrons. The summed E-state index contributed by atoms with van der Waals surface area (Å²) in [7, 11) is 0. The van der Waals surface area contributed by atoms with Gasteiger partial charge in [-0.15, -0.1) is 0 Å². The van der Waals surface area contributed by atoms with E-state index in [9.17, 15) is 9.59 Å². The smallest absolute Gasteiger partial charge is 0.410 e. The van der Waals surface area contributed by atoms with Crippen molar-refractivity contribution in [2.24, 2.45) is 0 Å². The number of benzene rings is 2. The van der Waals surface area contributed by atoms with Gasteiger partial charge in [-0.25, -0.2) is 4.79 Å². The Morgan fingerprint density at radius 2 is 1.46 bits per heavy atom. The van der Waals surface area contributed by atoms with Crippen molar-refractivity contribution < 1.29 is 19.4 Å². The number of carboxylic acids is 1. The maximum atomic E-state index is 12.3. The summed E-state index contributed by atoms with van der Waals surface area (Å²) in [6.07, 6.45) is 0.0619. The van der Waals surface area contributed by atoms with Crippen LogP contribution in [0.25, 0.3) is 0 Å². The summed E-state index contributed by atoms with van der Waals surface area (Å²) in [6.45, 7) is 0.731. The normalized spacial score (nSPS) is 10.2. The van der Waals surface area contributed by atoms with Gasteiger partial charge in [-0.3, -0.25) is 4.79 Å². The minimum Gasteiger partial charge on any atom is -0.481 e. The summed E-state index contributed by atoms with van der Waals surface area (Å²) in [5.74, 6) is -0.935. The Labute approximate surface area is 141 Å². The Balaban J connectivity index is 1.90. The van der Waals surface area contributed by atoms with Gasteiger partial charge in [0.2, 0.25) is 0 Å². The molecule has 1 N–H and O–H groups in total. The topological polar surface area (TPSA) is 66.8 Å². The van der Waals surface area contributed by atoms with Crippen LogP contribution >= 0.6 is 0 Å². The number of rotatable bonds is 8. The van der Waals surface area contributed by atoms with Crippen LogP contribution in [0.2, 0.25) is 0 Å². The van der Waals surface area contributed by atoms with Crippen molar-refractivity contribution in [2.75, 3.05) is 13.1 Å². The van der Waals surface area contributed by atoms with Crippen LogP contribution in [-0.4, -0.2) is 35.2 Å². The standard InChI is InChI=1S/C19H21NO4/c21-18(22)12-14-20(13-11-16-7-3-1-4-8-16)19(23)24-15-17-9-5-2-6-10-17/h1-10H,11-15H2,(H,21,22). The molecular formula is C19H21NO4. The van der Waals surface area contributed by atoms with Gasteiger partial charge < -0.3 is 14.7 Å². The molecule has 126 valence electrons. The zero-order valence-electron chi connectivity index (χ0n) is 13.4. The molecule has 5 heteroatoms. The summed E-state index contributed by atoms with van der Waals surface area (Å²) in [6, 6.07) is 19.1. The van der Waals surface area contributed by atoms with Gasteiger partial charge in [-0.1, -0.05) is 60.7 Å². The molecule has 24 heavy (non-hydrogen) atoms. The summed E-state index contributed by atoms with van der Waals surface area (Å²) >= 11 is 0. The highest BCUT2D eigenvalue weighted by Crippen LogP contribution is 2.07. The Kier molecular flexibility index (Phi) is 6.83. The van der Waals surface area contributed by atoms with Crippen LogP contribution in [0.15, 0.2) is 60.7 Å². The Hall–Kier alpha value is -2.82. The minimum absolute atomic E-state index is 0.102. The van der Waals surface area contributed by atoms with Gasteiger partial charge >= 0.3 is 12.1 Å². The molecule has 0 aliphatic rings. The number of carboxylic acid groups (broad SMARTS) is 1. The van der Waals surface area contributed by atoms with Crippen molar-refractivity contribution >= 4 is 12.1 Å². The number of ether oxygens (including phenoxy) is 1. The third kappa shape index (κ3) is 6.12. The number of carbonyl (C=O) groups excluding carboxylic acids is 1. The van der Waals surface area contributed by atoms with E-state index in [2.05, 4.69) is 0 Å². The number of carbonyl (C=O) groups is 2. The average molecular weight is 327 g/mol. The van der Waals surface area contributed by atoms with Crippen LogP contribution in [0.1, 0.15) is 17.5 Å². The SMILES string of the molecule is O=C(O)CCN(CCc1ccccc1)C(=O)OCc1ccccc1. The van der Waals surface area contributed by atoms with Crippen LogP contribution in [0.5, 0.6) is 0 Å². The van der Waals surface area contributed by atoms with E-state index in [0.29, 0.717) is 13.0 Å². The van der Waals surface area contributed by atoms with Crippen molar-refractivity contribution in [1.29, 1.82) is 0 Å². The van der Waals surface area contributed by atoms with Crippen LogP contribution in [0.3, 0.4) is 0 Å². The van der Waals surface area contributed by atoms with Gasteiger partial charge in [-0.05, 0) is 17.5 Å². The quantitative estimate of drug-likeness (QED) is 0.807. The van der Waals surface area contributed by atoms with E-state index in [4.69, 9.17) is 9.84 Å². The maximum Gasteiger partial charge on any atom is 0.410 e. The Morgan fingerprint density at radius 3 is 2.04 bits per heavy atom. The van der Waals surface area contributed by atoms with E-state index in [0.717, 1.165) is 11.1 Å². The molecule has 0 atom stereocenters. The fourth-order valence-electron chi connectivity index (χ4n) is 2.24. The van der Waals surface area contributed by atoms with Gasteiger partial charge in [0.05, 0.1) is 6.42 Å². The van der Waals surface area contributed by atoms with E-state index in [1.165, 1.54) is 4.90 Å². The molecule has 0 aromatic heterocycles. The number of hydrogen-bond donors (Lipinski definition) is 1. The van der Waals surface area contributed by atoms with Crippen LogP contribution in [0.4, 0.5) is 4.79 Å². The molecular weight excluding hydrogens is 306 g/mol. The molecule has 0 saturated carbocycles. The molecule has 5 nitrogen and oxygen atoms in total. The molecule has 0 aliphatic heterocycles. The molecule has 2 rings (SSSR count). The van der Waals surface area contributed by atoms with Gasteiger partial charge in [-0.2, -0.15) is 0 Å². The van der Waals surface area contributed by atoms with Crippen molar-refractivity contribution in [2.45, 2.75) is 19.4 Å². The predicted molar refractivity (Wildman–Crippen MR) is 90.6 cm³/mol. The molecule has 0 spiro atoms. The highest BCUT2D eigenvalue weighted by atomic mass is 16.6. The van der Waals surface area contributed by atoms with Crippen molar-refractivity contribution in [1.82, 2.24) is 4.90 Å². The lowest BCUT2D eigenvalue weighted by Gasteiger charge is -2.21. The zero-order valence-corrected chi connectivity index (χ0v) is 13.4. The molecule has 0 heterocycles. The van der Waals surface area contributed by atoms with Gasteiger partial charge in [0.1, 0.15) is 6.61 Å². The first-order chi connectivity index (χ1) is 11.6. The molecule has 0 saturated heterocycles. The number of nitrogens with zero attached hydrogens (tertiary/aromatic N) is 1. The second kappa shape index (κ2) is 9.35. The number of hydrogen-bond acceptors (Lipinski definition) is 3. The second-order valence-corrected chi connectivity index (χ2v) is 5.41. The lowest BCUT2D eigenvalue weighted by atomic mass is 10.1. The molecule has 0 aliphatic carbocycles. The highest BCUT2D eigenvalue weighted by Gasteiger charge is 2.16. The first-order valence-electron chi connectivity index (χ1n) is 7.86. The fourth-order valence-corrected chi connectivity index (χ4v) is 2.24. The lowest BCUT2D eigenvalue weighted by Crippen LogP contribution is -2.35. The molecule has 0 fully saturated rings. The third-order valence-electron chi connectivity index (χ3n) is 3.57. The molecule has 2 aromatic carbocycles. The minimum atomic E-state index is -0.935. The van der Waals surface area contributed by atoms with Crippen molar-refractivity contribution in [3.8, 4) is 0 Å². The summed E-state index contributed by atoms with van der Waals surface area (Å²) < 4.78 is 5.31. The van der Waals surface area contributed by atoms with Crippen LogP contribution in [0, 0.1) is 0 Å². The highest BCUT2D eigenvalue weighted by molar-refractivity contribution is 5.70. The van der Waals surface area contributed by atoms with Crippen LogP contribution in [-0.2, 0) is 22.6 Å². The Bertz CT molecular complexity index is 643. The van der Waals surface area contributed by atoms with E-state index in [1.807, 2.05) is 60.7 Å². The maximum absolute atomic E-state index is 12.3. The summed E-state index contributed by atoms with van der Waals surface area (Å²) in [4.78, 5) is 24.5. The molecule has 0 unspecified atom stereocenters. The number of aliphatic carboxylic acids is 1. The van der Waals surface area contributed by atoms with E-state index < -0.39 is 12.1 Å². The van der Waals surface area contributed by atoms with Gasteiger partial charge in [0.15, 0.2) is 0 Å². The largest absolute Gasteiger partial charge is 0.481 e. The molecule has 0 bridgehead atoms. The van der Waals surface area contributed by atoms with Crippen molar-refractivity contribution in [3.05, 3.63) is 71.8 Å². The second-order valence-electron chi connectivity index (χ2n) is 5.41. The monoisotopic (exact) mass is 327 g/mol. The third-order valence-corrected chi connectivity index (χ3v) is 3.57.